The normalized spacial score (nSPS) is 10.4. The Morgan fingerprint density at radius 3 is 2.41 bits per heavy atom. The molecule has 0 saturated heterocycles. The molecule has 0 amide bonds. The van der Waals surface area contributed by atoms with Crippen LogP contribution in [0.2, 0.25) is 0 Å². The summed E-state index contributed by atoms with van der Waals surface area (Å²) in [5, 5.41) is 0. The second kappa shape index (κ2) is 5.84. The van der Waals surface area contributed by atoms with E-state index in [1.165, 1.54) is 0 Å². The zero-order valence-corrected chi connectivity index (χ0v) is 11.0. The first-order valence-corrected chi connectivity index (χ1v) is 6.21. The fourth-order valence-corrected chi connectivity index (χ4v) is 2.07. The number of anilines is 1. The summed E-state index contributed by atoms with van der Waals surface area (Å²) in [4.78, 5) is 0. The minimum absolute atomic E-state index is 0.516. The lowest BCUT2D eigenvalue weighted by atomic mass is 10.2. The van der Waals surface area contributed by atoms with E-state index in [1.807, 2.05) is 48.5 Å². The van der Waals surface area contributed by atoms with Gasteiger partial charge in [0.15, 0.2) is 0 Å². The lowest BCUT2D eigenvalue weighted by molar-refractivity contribution is 0.107. The van der Waals surface area contributed by atoms with Crippen molar-refractivity contribution in [3.8, 4) is 0 Å². The van der Waals surface area contributed by atoms with Gasteiger partial charge in [-0.25, -0.2) is 0 Å². The number of ether oxygens (including phenoxy) is 1. The predicted octanol–water partition coefficient (Wildman–Crippen LogP) is 3.75. The van der Waals surface area contributed by atoms with E-state index in [9.17, 15) is 0 Å². The molecule has 2 N–H and O–H groups in total. The summed E-state index contributed by atoms with van der Waals surface area (Å²) in [7, 11) is 0. The maximum absolute atomic E-state index is 5.89. The average molecular weight is 292 g/mol. The zero-order chi connectivity index (χ0) is 12.1. The Bertz CT molecular complexity index is 465. The quantitative estimate of drug-likeness (QED) is 0.871. The van der Waals surface area contributed by atoms with Crippen molar-refractivity contribution in [2.75, 3.05) is 5.73 Å². The molecular formula is C14H14BrNO. The summed E-state index contributed by atoms with van der Waals surface area (Å²) in [5.74, 6) is 0. The Morgan fingerprint density at radius 2 is 1.71 bits per heavy atom. The van der Waals surface area contributed by atoms with Crippen molar-refractivity contribution in [2.24, 2.45) is 0 Å². The molecule has 0 aliphatic rings. The molecule has 0 aromatic heterocycles. The summed E-state index contributed by atoms with van der Waals surface area (Å²) < 4.78 is 6.65. The molecule has 88 valence electrons. The molecule has 2 aromatic rings. The smallest absolute Gasteiger partial charge is 0.0752 e. The van der Waals surface area contributed by atoms with Gasteiger partial charge in [0.2, 0.25) is 0 Å². The predicted molar refractivity (Wildman–Crippen MR) is 73.5 cm³/mol. The highest BCUT2D eigenvalue weighted by atomic mass is 79.9. The SMILES string of the molecule is Nc1cccc(Br)c1COCc1ccccc1. The van der Waals surface area contributed by atoms with Gasteiger partial charge in [0, 0.05) is 15.7 Å². The van der Waals surface area contributed by atoms with Crippen LogP contribution >= 0.6 is 15.9 Å². The van der Waals surface area contributed by atoms with E-state index >= 15 is 0 Å². The number of hydrogen-bond donors (Lipinski definition) is 1. The second-order valence-corrected chi connectivity index (χ2v) is 4.64. The Labute approximate surface area is 110 Å². The number of nitrogen functional groups attached to an aromatic ring is 1. The summed E-state index contributed by atoms with van der Waals surface area (Å²) in [6.45, 7) is 1.11. The Kier molecular flexibility index (Phi) is 4.18. The third-order valence-corrected chi connectivity index (χ3v) is 3.26. The van der Waals surface area contributed by atoms with E-state index in [-0.39, 0.29) is 0 Å². The highest BCUT2D eigenvalue weighted by Gasteiger charge is 2.03. The van der Waals surface area contributed by atoms with Crippen LogP contribution in [0.3, 0.4) is 0 Å². The maximum atomic E-state index is 5.89. The Balaban J connectivity index is 1.95. The summed E-state index contributed by atoms with van der Waals surface area (Å²) >= 11 is 3.47. The molecule has 0 bridgehead atoms. The van der Waals surface area contributed by atoms with Crippen LogP contribution in [-0.4, -0.2) is 0 Å². The van der Waals surface area contributed by atoms with Crippen molar-refractivity contribution in [3.63, 3.8) is 0 Å². The van der Waals surface area contributed by atoms with E-state index in [0.717, 1.165) is 21.3 Å². The second-order valence-electron chi connectivity index (χ2n) is 3.79. The van der Waals surface area contributed by atoms with Gasteiger partial charge in [-0.1, -0.05) is 52.3 Å². The molecular weight excluding hydrogens is 278 g/mol. The Morgan fingerprint density at radius 1 is 0.941 bits per heavy atom. The maximum Gasteiger partial charge on any atom is 0.0752 e. The van der Waals surface area contributed by atoms with Crippen molar-refractivity contribution in [3.05, 3.63) is 64.1 Å². The summed E-state index contributed by atoms with van der Waals surface area (Å²) in [6.07, 6.45) is 0. The lowest BCUT2D eigenvalue weighted by Crippen LogP contribution is -1.99. The molecule has 0 heterocycles. The molecule has 17 heavy (non-hydrogen) atoms. The zero-order valence-electron chi connectivity index (χ0n) is 9.40. The molecule has 0 aliphatic carbocycles. The number of halogens is 1. The van der Waals surface area contributed by atoms with Crippen LogP contribution in [0.25, 0.3) is 0 Å². The molecule has 0 radical (unpaired) electrons. The molecule has 0 spiro atoms. The van der Waals surface area contributed by atoms with Crippen molar-refractivity contribution >= 4 is 21.6 Å². The number of benzene rings is 2. The molecule has 0 unspecified atom stereocenters. The van der Waals surface area contributed by atoms with Crippen LogP contribution in [0.5, 0.6) is 0 Å². The minimum Gasteiger partial charge on any atom is -0.398 e. The van der Waals surface area contributed by atoms with Crippen molar-refractivity contribution in [1.82, 2.24) is 0 Å². The van der Waals surface area contributed by atoms with Gasteiger partial charge in [0.25, 0.3) is 0 Å². The molecule has 0 fully saturated rings. The van der Waals surface area contributed by atoms with E-state index in [0.29, 0.717) is 13.2 Å². The monoisotopic (exact) mass is 291 g/mol. The van der Waals surface area contributed by atoms with E-state index in [2.05, 4.69) is 15.9 Å². The third-order valence-electron chi connectivity index (χ3n) is 2.51. The van der Waals surface area contributed by atoms with E-state index in [4.69, 9.17) is 10.5 Å². The first kappa shape index (κ1) is 12.1. The van der Waals surface area contributed by atoms with Gasteiger partial charge in [-0.3, -0.25) is 0 Å². The number of nitrogens with two attached hydrogens (primary N) is 1. The minimum atomic E-state index is 0.516. The van der Waals surface area contributed by atoms with E-state index in [1.54, 1.807) is 0 Å². The van der Waals surface area contributed by atoms with Crippen LogP contribution in [0, 0.1) is 0 Å². The molecule has 0 saturated carbocycles. The summed E-state index contributed by atoms with van der Waals surface area (Å²) in [5.41, 5.74) is 8.82. The molecule has 0 atom stereocenters. The van der Waals surface area contributed by atoms with Crippen LogP contribution in [0.1, 0.15) is 11.1 Å². The van der Waals surface area contributed by atoms with Gasteiger partial charge in [-0.05, 0) is 17.7 Å². The molecule has 2 aromatic carbocycles. The number of hydrogen-bond acceptors (Lipinski definition) is 2. The fourth-order valence-electron chi connectivity index (χ4n) is 1.57. The first-order chi connectivity index (χ1) is 8.27. The van der Waals surface area contributed by atoms with Crippen molar-refractivity contribution in [2.45, 2.75) is 13.2 Å². The van der Waals surface area contributed by atoms with Crippen molar-refractivity contribution in [1.29, 1.82) is 0 Å². The largest absolute Gasteiger partial charge is 0.398 e. The lowest BCUT2D eigenvalue weighted by Gasteiger charge is -2.09. The van der Waals surface area contributed by atoms with Crippen LogP contribution in [-0.2, 0) is 18.0 Å². The molecule has 0 aliphatic heterocycles. The van der Waals surface area contributed by atoms with E-state index < -0.39 is 0 Å². The van der Waals surface area contributed by atoms with Crippen LogP contribution < -0.4 is 5.73 Å². The highest BCUT2D eigenvalue weighted by Crippen LogP contribution is 2.23. The van der Waals surface area contributed by atoms with Crippen LogP contribution in [0.4, 0.5) is 5.69 Å². The molecule has 3 heteroatoms. The first-order valence-electron chi connectivity index (χ1n) is 5.42. The third kappa shape index (κ3) is 3.32. The van der Waals surface area contributed by atoms with Crippen molar-refractivity contribution < 1.29 is 4.74 Å². The number of rotatable bonds is 4. The topological polar surface area (TPSA) is 35.2 Å². The molecule has 2 nitrogen and oxygen atoms in total. The Hall–Kier alpha value is -1.32. The standard InChI is InChI=1S/C14H14BrNO/c15-13-7-4-8-14(16)12(13)10-17-9-11-5-2-1-3-6-11/h1-8H,9-10,16H2. The average Bonchev–Trinajstić information content (AvgIpc) is 2.34. The van der Waals surface area contributed by atoms with Gasteiger partial charge in [-0.15, -0.1) is 0 Å². The summed E-state index contributed by atoms with van der Waals surface area (Å²) in [6, 6.07) is 15.9. The van der Waals surface area contributed by atoms with Gasteiger partial charge in [0.1, 0.15) is 0 Å². The van der Waals surface area contributed by atoms with Gasteiger partial charge in [-0.2, -0.15) is 0 Å². The van der Waals surface area contributed by atoms with Gasteiger partial charge < -0.3 is 10.5 Å². The highest BCUT2D eigenvalue weighted by molar-refractivity contribution is 9.10. The van der Waals surface area contributed by atoms with Crippen LogP contribution in [0.15, 0.2) is 53.0 Å². The van der Waals surface area contributed by atoms with Gasteiger partial charge >= 0.3 is 0 Å². The van der Waals surface area contributed by atoms with Gasteiger partial charge in [0.05, 0.1) is 13.2 Å². The fraction of sp³-hybridized carbons (Fsp3) is 0.143. The molecule has 2 rings (SSSR count).